The van der Waals surface area contributed by atoms with Gasteiger partial charge >= 0.3 is 0 Å². The first-order valence-electron chi connectivity index (χ1n) is 5.88. The number of amides is 1. The van der Waals surface area contributed by atoms with E-state index in [9.17, 15) is 9.18 Å². The van der Waals surface area contributed by atoms with Crippen LogP contribution in [0.5, 0.6) is 5.75 Å². The van der Waals surface area contributed by atoms with Crippen molar-refractivity contribution >= 4 is 5.91 Å². The van der Waals surface area contributed by atoms with Gasteiger partial charge in [0.05, 0.1) is 0 Å². The minimum atomic E-state index is -0.742. The van der Waals surface area contributed by atoms with Crippen LogP contribution in [0.2, 0.25) is 0 Å². The van der Waals surface area contributed by atoms with Gasteiger partial charge in [-0.3, -0.25) is 4.79 Å². The molecule has 1 atom stereocenters. The van der Waals surface area contributed by atoms with E-state index in [0.29, 0.717) is 17.9 Å². The first-order valence-corrected chi connectivity index (χ1v) is 5.88. The average Bonchev–Trinajstić information content (AvgIpc) is 2.29. The molecule has 4 nitrogen and oxygen atoms in total. The number of carbonyl (C=O) groups excluding carboxylic acids is 1. The third-order valence-electron chi connectivity index (χ3n) is 2.43. The number of hydrogen-bond donors (Lipinski definition) is 2. The first-order chi connectivity index (χ1) is 8.40. The Labute approximate surface area is 106 Å². The van der Waals surface area contributed by atoms with Crippen molar-refractivity contribution in [2.24, 2.45) is 5.73 Å². The molecule has 0 aliphatic heterocycles. The molecule has 0 bridgehead atoms. The molecular formula is C13H19FN2O2. The zero-order chi connectivity index (χ0) is 13.7. The van der Waals surface area contributed by atoms with Crippen molar-refractivity contribution in [3.8, 4) is 5.75 Å². The highest BCUT2D eigenvalue weighted by molar-refractivity contribution is 5.78. The predicted octanol–water partition coefficient (Wildman–Crippen LogP) is 1.58. The zero-order valence-corrected chi connectivity index (χ0v) is 10.9. The summed E-state index contributed by atoms with van der Waals surface area (Å²) in [6, 6.07) is 4.46. The molecule has 0 aromatic heterocycles. The highest BCUT2D eigenvalue weighted by atomic mass is 19.1. The predicted molar refractivity (Wildman–Crippen MR) is 67.7 cm³/mol. The maximum Gasteiger partial charge on any atom is 0.258 e. The van der Waals surface area contributed by atoms with Crippen molar-refractivity contribution < 1.29 is 13.9 Å². The number of benzene rings is 1. The molecule has 18 heavy (non-hydrogen) atoms. The van der Waals surface area contributed by atoms with Gasteiger partial charge in [-0.05, 0) is 25.1 Å². The molecule has 0 fully saturated rings. The Hall–Kier alpha value is -1.62. The van der Waals surface area contributed by atoms with Crippen LogP contribution >= 0.6 is 0 Å². The van der Waals surface area contributed by atoms with E-state index < -0.39 is 12.0 Å². The maximum atomic E-state index is 13.2. The molecule has 1 amide bonds. The maximum absolute atomic E-state index is 13.2. The van der Waals surface area contributed by atoms with Crippen LogP contribution in [-0.2, 0) is 11.3 Å². The van der Waals surface area contributed by atoms with Crippen LogP contribution in [0.25, 0.3) is 0 Å². The number of carbonyl (C=O) groups is 1. The second-order valence-electron chi connectivity index (χ2n) is 4.45. The van der Waals surface area contributed by atoms with Crippen LogP contribution in [-0.4, -0.2) is 18.1 Å². The highest BCUT2D eigenvalue weighted by Gasteiger charge is 2.13. The number of rotatable bonds is 6. The average molecular weight is 254 g/mol. The molecule has 1 rings (SSSR count). The number of nitrogens with one attached hydrogen (secondary N) is 1. The first kappa shape index (κ1) is 14.4. The molecule has 1 aromatic carbocycles. The zero-order valence-electron chi connectivity index (χ0n) is 10.9. The third-order valence-corrected chi connectivity index (χ3v) is 2.43. The largest absolute Gasteiger partial charge is 0.481 e. The van der Waals surface area contributed by atoms with Crippen LogP contribution in [0, 0.1) is 5.82 Å². The number of nitrogens with two attached hydrogens (primary N) is 1. The normalized spacial score (nSPS) is 12.5. The number of ether oxygens (including phenoxy) is 1. The molecule has 100 valence electrons. The second-order valence-corrected chi connectivity index (χ2v) is 4.45. The molecule has 0 saturated carbocycles. The fourth-order valence-corrected chi connectivity index (χ4v) is 1.36. The van der Waals surface area contributed by atoms with Gasteiger partial charge in [-0.2, -0.15) is 0 Å². The van der Waals surface area contributed by atoms with E-state index >= 15 is 0 Å². The van der Waals surface area contributed by atoms with Crippen LogP contribution in [0.15, 0.2) is 18.2 Å². The Bertz CT molecular complexity index is 421. The summed E-state index contributed by atoms with van der Waals surface area (Å²) in [5.74, 6) is -0.424. The lowest BCUT2D eigenvalue weighted by atomic mass is 10.2. The molecular weight excluding hydrogens is 235 g/mol. The standard InChI is InChI=1S/C13H19FN2O2/c1-8(2)16-7-10-6-11(14)4-5-12(10)18-9(3)13(15)17/h4-6,8-9,16H,7H2,1-3H3,(H2,15,17). The van der Waals surface area contributed by atoms with Gasteiger partial charge in [-0.1, -0.05) is 13.8 Å². The van der Waals surface area contributed by atoms with Gasteiger partial charge in [-0.15, -0.1) is 0 Å². The summed E-state index contributed by atoms with van der Waals surface area (Å²) in [5.41, 5.74) is 5.80. The van der Waals surface area contributed by atoms with Gasteiger partial charge < -0.3 is 15.8 Å². The van der Waals surface area contributed by atoms with E-state index in [2.05, 4.69) is 5.32 Å². The fourth-order valence-electron chi connectivity index (χ4n) is 1.36. The third kappa shape index (κ3) is 4.33. The monoisotopic (exact) mass is 254 g/mol. The van der Waals surface area contributed by atoms with Crippen molar-refractivity contribution in [2.75, 3.05) is 0 Å². The lowest BCUT2D eigenvalue weighted by Crippen LogP contribution is -2.31. The van der Waals surface area contributed by atoms with Crippen LogP contribution in [0.4, 0.5) is 4.39 Å². The molecule has 3 N–H and O–H groups in total. The summed E-state index contributed by atoms with van der Waals surface area (Å²) < 4.78 is 18.6. The van der Waals surface area contributed by atoms with Crippen molar-refractivity contribution in [3.05, 3.63) is 29.6 Å². The Morgan fingerprint density at radius 3 is 2.67 bits per heavy atom. The molecule has 0 heterocycles. The summed E-state index contributed by atoms with van der Waals surface area (Å²) in [6.45, 7) is 6.01. The van der Waals surface area contributed by atoms with E-state index in [0.717, 1.165) is 0 Å². The molecule has 1 unspecified atom stereocenters. The fraction of sp³-hybridized carbons (Fsp3) is 0.462. The van der Waals surface area contributed by atoms with Crippen molar-refractivity contribution in [2.45, 2.75) is 39.5 Å². The van der Waals surface area contributed by atoms with Gasteiger partial charge in [0.1, 0.15) is 11.6 Å². The Morgan fingerprint density at radius 1 is 1.44 bits per heavy atom. The highest BCUT2D eigenvalue weighted by Crippen LogP contribution is 2.21. The molecule has 0 spiro atoms. The molecule has 5 heteroatoms. The van der Waals surface area contributed by atoms with Crippen molar-refractivity contribution in [1.82, 2.24) is 5.32 Å². The van der Waals surface area contributed by atoms with E-state index in [4.69, 9.17) is 10.5 Å². The van der Waals surface area contributed by atoms with Gasteiger partial charge in [-0.25, -0.2) is 4.39 Å². The van der Waals surface area contributed by atoms with E-state index in [1.165, 1.54) is 18.2 Å². The van der Waals surface area contributed by atoms with Gasteiger partial charge in [0.15, 0.2) is 6.10 Å². The topological polar surface area (TPSA) is 64.3 Å². The van der Waals surface area contributed by atoms with E-state index in [1.54, 1.807) is 6.92 Å². The summed E-state index contributed by atoms with van der Waals surface area (Å²) in [6.07, 6.45) is -0.742. The lowest BCUT2D eigenvalue weighted by Gasteiger charge is -2.16. The van der Waals surface area contributed by atoms with Crippen LogP contribution in [0.1, 0.15) is 26.3 Å². The quantitative estimate of drug-likeness (QED) is 0.810. The molecule has 0 radical (unpaired) electrons. The van der Waals surface area contributed by atoms with Crippen LogP contribution in [0.3, 0.4) is 0 Å². The smallest absolute Gasteiger partial charge is 0.258 e. The SMILES string of the molecule is CC(C)NCc1cc(F)ccc1OC(C)C(N)=O. The Morgan fingerprint density at radius 2 is 2.11 bits per heavy atom. The molecule has 0 aliphatic rings. The summed E-state index contributed by atoms with van der Waals surface area (Å²) >= 11 is 0. The van der Waals surface area contributed by atoms with Crippen molar-refractivity contribution in [1.29, 1.82) is 0 Å². The molecule has 1 aromatic rings. The van der Waals surface area contributed by atoms with E-state index in [1.807, 2.05) is 13.8 Å². The summed E-state index contributed by atoms with van der Waals surface area (Å²) in [7, 11) is 0. The summed E-state index contributed by atoms with van der Waals surface area (Å²) in [4.78, 5) is 11.0. The Kier molecular flexibility index (Phi) is 5.09. The number of halogens is 1. The summed E-state index contributed by atoms with van der Waals surface area (Å²) in [5, 5.41) is 3.17. The van der Waals surface area contributed by atoms with Gasteiger partial charge in [0.2, 0.25) is 0 Å². The van der Waals surface area contributed by atoms with Crippen LogP contribution < -0.4 is 15.8 Å². The lowest BCUT2D eigenvalue weighted by molar-refractivity contribution is -0.124. The second kappa shape index (κ2) is 6.35. The molecule has 0 aliphatic carbocycles. The van der Waals surface area contributed by atoms with E-state index in [-0.39, 0.29) is 11.9 Å². The van der Waals surface area contributed by atoms with Crippen molar-refractivity contribution in [3.63, 3.8) is 0 Å². The molecule has 0 saturated heterocycles. The van der Waals surface area contributed by atoms with Gasteiger partial charge in [0, 0.05) is 18.2 Å². The van der Waals surface area contributed by atoms with Gasteiger partial charge in [0.25, 0.3) is 5.91 Å². The number of hydrogen-bond acceptors (Lipinski definition) is 3. The minimum Gasteiger partial charge on any atom is -0.481 e. The number of primary amides is 1. The Balaban J connectivity index is 2.85. The minimum absolute atomic E-state index is 0.273.